The molecule has 2 aliphatic rings. The van der Waals surface area contributed by atoms with E-state index in [1.54, 1.807) is 24.3 Å². The summed E-state index contributed by atoms with van der Waals surface area (Å²) < 4.78 is 0. The van der Waals surface area contributed by atoms with E-state index in [0.717, 1.165) is 24.3 Å². The van der Waals surface area contributed by atoms with Crippen LogP contribution in [0, 0.1) is 0 Å². The molecule has 2 aliphatic heterocycles. The van der Waals surface area contributed by atoms with E-state index in [-0.39, 0.29) is 30.9 Å². The van der Waals surface area contributed by atoms with Crippen LogP contribution in [0.2, 0.25) is 0 Å². The van der Waals surface area contributed by atoms with Crippen molar-refractivity contribution in [3.63, 3.8) is 0 Å². The highest BCUT2D eigenvalue weighted by molar-refractivity contribution is 6.04. The molecule has 2 heterocycles. The second kappa shape index (κ2) is 8.34. The van der Waals surface area contributed by atoms with Gasteiger partial charge < -0.3 is 15.5 Å². The Labute approximate surface area is 169 Å². The van der Waals surface area contributed by atoms with Crippen molar-refractivity contribution in [2.45, 2.75) is 25.8 Å². The van der Waals surface area contributed by atoms with Crippen molar-refractivity contribution in [3.05, 3.63) is 59.7 Å². The molecule has 7 heteroatoms. The number of benzene rings is 2. The quantitative estimate of drug-likeness (QED) is 0.767. The van der Waals surface area contributed by atoms with Crippen LogP contribution in [0.3, 0.4) is 0 Å². The molecule has 150 valence electrons. The van der Waals surface area contributed by atoms with Crippen molar-refractivity contribution in [1.29, 1.82) is 0 Å². The summed E-state index contributed by atoms with van der Waals surface area (Å²) in [6.45, 7) is 2.41. The highest BCUT2D eigenvalue weighted by Gasteiger charge is 2.28. The number of anilines is 2. The Hall–Kier alpha value is -3.35. The van der Waals surface area contributed by atoms with Crippen molar-refractivity contribution in [2.24, 2.45) is 0 Å². The SMILES string of the molecule is O=C(Nc1ccc(N2CCCCC2)cc1)c1ccc(CN2C(=O)CNC2=O)cc1. The van der Waals surface area contributed by atoms with Crippen molar-refractivity contribution in [1.82, 2.24) is 10.2 Å². The summed E-state index contributed by atoms with van der Waals surface area (Å²) in [5.74, 6) is -0.443. The Morgan fingerprint density at radius 1 is 0.931 bits per heavy atom. The van der Waals surface area contributed by atoms with Gasteiger partial charge in [0.15, 0.2) is 0 Å². The molecule has 2 N–H and O–H groups in total. The first-order chi connectivity index (χ1) is 14.1. The standard InChI is InChI=1S/C22H24N4O3/c27-20-14-23-22(29)26(20)15-16-4-6-17(7-5-16)21(28)24-18-8-10-19(11-9-18)25-12-2-1-3-13-25/h4-11H,1-3,12-15H2,(H,23,29)(H,24,28). The van der Waals surface area contributed by atoms with Gasteiger partial charge in [-0.15, -0.1) is 0 Å². The number of amides is 4. The Morgan fingerprint density at radius 3 is 2.24 bits per heavy atom. The largest absolute Gasteiger partial charge is 0.372 e. The lowest BCUT2D eigenvalue weighted by molar-refractivity contribution is -0.125. The Kier molecular flexibility index (Phi) is 5.46. The van der Waals surface area contributed by atoms with Gasteiger partial charge in [-0.2, -0.15) is 0 Å². The van der Waals surface area contributed by atoms with Gasteiger partial charge in [-0.3, -0.25) is 14.5 Å². The molecule has 2 saturated heterocycles. The maximum atomic E-state index is 12.5. The number of nitrogens with one attached hydrogen (secondary N) is 2. The molecule has 4 amide bonds. The molecule has 2 aromatic rings. The monoisotopic (exact) mass is 392 g/mol. The summed E-state index contributed by atoms with van der Waals surface area (Å²) in [5.41, 5.74) is 3.25. The zero-order chi connectivity index (χ0) is 20.2. The summed E-state index contributed by atoms with van der Waals surface area (Å²) in [6, 6.07) is 14.5. The van der Waals surface area contributed by atoms with E-state index in [1.807, 2.05) is 24.3 Å². The number of piperidine rings is 1. The van der Waals surface area contributed by atoms with E-state index in [2.05, 4.69) is 15.5 Å². The first-order valence-corrected chi connectivity index (χ1v) is 9.94. The van der Waals surface area contributed by atoms with Crippen molar-refractivity contribution in [3.8, 4) is 0 Å². The number of nitrogens with zero attached hydrogens (tertiary/aromatic N) is 2. The van der Waals surface area contributed by atoms with Crippen LogP contribution in [0.1, 0.15) is 35.2 Å². The summed E-state index contributed by atoms with van der Waals surface area (Å²) >= 11 is 0. The average Bonchev–Trinajstić information content (AvgIpc) is 3.07. The molecule has 0 atom stereocenters. The fourth-order valence-electron chi connectivity index (χ4n) is 3.67. The minimum Gasteiger partial charge on any atom is -0.372 e. The summed E-state index contributed by atoms with van der Waals surface area (Å²) in [6.07, 6.45) is 3.75. The molecular weight excluding hydrogens is 368 g/mol. The van der Waals surface area contributed by atoms with Gasteiger partial charge >= 0.3 is 6.03 Å². The number of hydrogen-bond acceptors (Lipinski definition) is 4. The van der Waals surface area contributed by atoms with Crippen LogP contribution in [0.5, 0.6) is 0 Å². The number of carbonyl (C=O) groups excluding carboxylic acids is 3. The van der Waals surface area contributed by atoms with Crippen LogP contribution in [0.25, 0.3) is 0 Å². The predicted molar refractivity (Wildman–Crippen MR) is 111 cm³/mol. The summed E-state index contributed by atoms with van der Waals surface area (Å²) in [5, 5.41) is 5.40. The number of urea groups is 1. The van der Waals surface area contributed by atoms with E-state index >= 15 is 0 Å². The third kappa shape index (κ3) is 4.39. The molecule has 4 rings (SSSR count). The fraction of sp³-hybridized carbons (Fsp3) is 0.318. The van der Waals surface area contributed by atoms with Crippen molar-refractivity contribution >= 4 is 29.2 Å². The molecule has 0 saturated carbocycles. The maximum absolute atomic E-state index is 12.5. The molecule has 0 aliphatic carbocycles. The van der Waals surface area contributed by atoms with Gasteiger partial charge in [0, 0.05) is 30.0 Å². The lowest BCUT2D eigenvalue weighted by atomic mass is 10.1. The second-order valence-electron chi connectivity index (χ2n) is 7.38. The fourth-order valence-corrected chi connectivity index (χ4v) is 3.67. The minimum atomic E-state index is -0.384. The van der Waals surface area contributed by atoms with Gasteiger partial charge in [-0.25, -0.2) is 4.79 Å². The number of rotatable bonds is 5. The molecule has 2 fully saturated rings. The normalized spacial score (nSPS) is 16.7. The van der Waals surface area contributed by atoms with Crippen LogP contribution in [-0.4, -0.2) is 42.4 Å². The van der Waals surface area contributed by atoms with Gasteiger partial charge in [0.25, 0.3) is 5.91 Å². The molecule has 0 radical (unpaired) electrons. The van der Waals surface area contributed by atoms with Gasteiger partial charge in [-0.1, -0.05) is 12.1 Å². The minimum absolute atomic E-state index is 0.0376. The Bertz CT molecular complexity index is 887. The summed E-state index contributed by atoms with van der Waals surface area (Å²) in [7, 11) is 0. The van der Waals surface area contributed by atoms with Gasteiger partial charge in [0.2, 0.25) is 5.91 Å². The first-order valence-electron chi connectivity index (χ1n) is 9.94. The molecular formula is C22H24N4O3. The number of hydrogen-bond donors (Lipinski definition) is 2. The molecule has 2 aromatic carbocycles. The number of carbonyl (C=O) groups is 3. The molecule has 0 bridgehead atoms. The third-order valence-corrected chi connectivity index (χ3v) is 5.34. The van der Waals surface area contributed by atoms with Crippen LogP contribution in [-0.2, 0) is 11.3 Å². The summed E-state index contributed by atoms with van der Waals surface area (Å²) in [4.78, 5) is 39.3. The van der Waals surface area contributed by atoms with E-state index in [0.29, 0.717) is 5.56 Å². The third-order valence-electron chi connectivity index (χ3n) is 5.34. The van der Waals surface area contributed by atoms with Gasteiger partial charge in [-0.05, 0) is 61.2 Å². The lowest BCUT2D eigenvalue weighted by Crippen LogP contribution is -2.30. The molecule has 7 nitrogen and oxygen atoms in total. The zero-order valence-corrected chi connectivity index (χ0v) is 16.2. The average molecular weight is 392 g/mol. The van der Waals surface area contributed by atoms with Crippen LogP contribution in [0.15, 0.2) is 48.5 Å². The lowest BCUT2D eigenvalue weighted by Gasteiger charge is -2.28. The Morgan fingerprint density at radius 2 is 1.62 bits per heavy atom. The molecule has 0 spiro atoms. The number of imide groups is 1. The van der Waals surface area contributed by atoms with Crippen LogP contribution in [0.4, 0.5) is 16.2 Å². The zero-order valence-electron chi connectivity index (χ0n) is 16.2. The molecule has 0 aromatic heterocycles. The van der Waals surface area contributed by atoms with Crippen LogP contribution < -0.4 is 15.5 Å². The van der Waals surface area contributed by atoms with Gasteiger partial charge in [0.05, 0.1) is 13.1 Å². The maximum Gasteiger partial charge on any atom is 0.324 e. The van der Waals surface area contributed by atoms with E-state index < -0.39 is 0 Å². The van der Waals surface area contributed by atoms with E-state index in [1.165, 1.54) is 29.8 Å². The van der Waals surface area contributed by atoms with Crippen LogP contribution >= 0.6 is 0 Å². The van der Waals surface area contributed by atoms with E-state index in [4.69, 9.17) is 0 Å². The smallest absolute Gasteiger partial charge is 0.324 e. The second-order valence-corrected chi connectivity index (χ2v) is 7.38. The van der Waals surface area contributed by atoms with Gasteiger partial charge in [0.1, 0.15) is 0 Å². The highest BCUT2D eigenvalue weighted by atomic mass is 16.2. The Balaban J connectivity index is 1.35. The predicted octanol–water partition coefficient (Wildman–Crippen LogP) is 2.98. The highest BCUT2D eigenvalue weighted by Crippen LogP contribution is 2.22. The molecule has 0 unspecified atom stereocenters. The first kappa shape index (κ1) is 19.0. The molecule has 29 heavy (non-hydrogen) atoms. The topological polar surface area (TPSA) is 81.8 Å². The van der Waals surface area contributed by atoms with E-state index in [9.17, 15) is 14.4 Å². The van der Waals surface area contributed by atoms with Crippen molar-refractivity contribution in [2.75, 3.05) is 29.9 Å². The van der Waals surface area contributed by atoms with Crippen molar-refractivity contribution < 1.29 is 14.4 Å².